The van der Waals surface area contributed by atoms with Gasteiger partial charge >= 0.3 is 0 Å². The molecular formula is C20H22N2O4. The molecule has 0 bridgehead atoms. The number of nitrogens with one attached hydrogen (secondary N) is 1. The highest BCUT2D eigenvalue weighted by Gasteiger charge is 2.12. The zero-order valence-electron chi connectivity index (χ0n) is 14.9. The first kappa shape index (κ1) is 19.2. The Morgan fingerprint density at radius 1 is 1.00 bits per heavy atom. The smallest absolute Gasteiger partial charge is 0.255 e. The minimum Gasteiger partial charge on any atom is -0.484 e. The number of rotatable bonds is 8. The van der Waals surface area contributed by atoms with Crippen molar-refractivity contribution in [2.45, 2.75) is 26.7 Å². The summed E-state index contributed by atoms with van der Waals surface area (Å²) in [7, 11) is 0. The third-order valence-corrected chi connectivity index (χ3v) is 3.79. The van der Waals surface area contributed by atoms with E-state index in [0.717, 1.165) is 11.1 Å². The highest BCUT2D eigenvalue weighted by molar-refractivity contribution is 6.01. The number of hydrogen-bond acceptors (Lipinski definition) is 4. The van der Waals surface area contributed by atoms with E-state index in [9.17, 15) is 14.4 Å². The Kier molecular flexibility index (Phi) is 6.49. The molecule has 0 spiro atoms. The second kappa shape index (κ2) is 8.80. The van der Waals surface area contributed by atoms with Crippen molar-refractivity contribution >= 4 is 23.3 Å². The maximum atomic E-state index is 12.3. The number of ether oxygens (including phenoxy) is 1. The van der Waals surface area contributed by atoms with E-state index in [1.165, 1.54) is 0 Å². The van der Waals surface area contributed by atoms with Gasteiger partial charge in [0.1, 0.15) is 5.75 Å². The van der Waals surface area contributed by atoms with Crippen LogP contribution in [0.1, 0.15) is 34.3 Å². The fourth-order valence-corrected chi connectivity index (χ4v) is 2.41. The molecule has 3 N–H and O–H groups in total. The van der Waals surface area contributed by atoms with E-state index in [1.54, 1.807) is 24.3 Å². The number of primary amides is 1. The summed E-state index contributed by atoms with van der Waals surface area (Å²) in [5, 5.41) is 2.73. The molecule has 0 aliphatic heterocycles. The van der Waals surface area contributed by atoms with E-state index in [0.29, 0.717) is 17.0 Å². The number of anilines is 1. The summed E-state index contributed by atoms with van der Waals surface area (Å²) < 4.78 is 5.14. The molecule has 6 nitrogen and oxygen atoms in total. The largest absolute Gasteiger partial charge is 0.484 e. The Balaban J connectivity index is 1.85. The summed E-state index contributed by atoms with van der Waals surface area (Å²) >= 11 is 0. The lowest BCUT2D eigenvalue weighted by molar-refractivity contribution is -0.120. The van der Waals surface area contributed by atoms with Crippen LogP contribution in [0.3, 0.4) is 0 Å². The predicted molar refractivity (Wildman–Crippen MR) is 99.2 cm³/mol. The first-order chi connectivity index (χ1) is 12.3. The van der Waals surface area contributed by atoms with Crippen molar-refractivity contribution in [2.24, 2.45) is 5.73 Å². The number of ketones is 1. The topological polar surface area (TPSA) is 98.5 Å². The quantitative estimate of drug-likeness (QED) is 0.712. The third kappa shape index (κ3) is 5.73. The summed E-state index contributed by atoms with van der Waals surface area (Å²) in [5.74, 6) is -0.367. The van der Waals surface area contributed by atoms with Gasteiger partial charge in [-0.15, -0.1) is 0 Å². The zero-order valence-corrected chi connectivity index (χ0v) is 14.9. The van der Waals surface area contributed by atoms with Gasteiger partial charge in [0.2, 0.25) is 5.91 Å². The predicted octanol–water partition coefficient (Wildman–Crippen LogP) is 2.77. The van der Waals surface area contributed by atoms with Crippen LogP contribution in [-0.2, 0) is 9.59 Å². The normalized spacial score (nSPS) is 10.2. The first-order valence-electron chi connectivity index (χ1n) is 8.26. The Labute approximate surface area is 152 Å². The number of amides is 2. The van der Waals surface area contributed by atoms with E-state index < -0.39 is 5.91 Å². The van der Waals surface area contributed by atoms with Gasteiger partial charge in [0.05, 0.1) is 0 Å². The highest BCUT2D eigenvalue weighted by atomic mass is 16.5. The van der Waals surface area contributed by atoms with Gasteiger partial charge in [-0.05, 0) is 49.7 Å². The molecule has 0 aliphatic carbocycles. The second-order valence-electron chi connectivity index (χ2n) is 6.07. The summed E-state index contributed by atoms with van der Waals surface area (Å²) in [4.78, 5) is 35.0. The van der Waals surface area contributed by atoms with Gasteiger partial charge in [-0.2, -0.15) is 0 Å². The van der Waals surface area contributed by atoms with Gasteiger partial charge < -0.3 is 15.8 Å². The molecule has 0 atom stereocenters. The van der Waals surface area contributed by atoms with E-state index in [1.807, 2.05) is 32.0 Å². The van der Waals surface area contributed by atoms with Crippen LogP contribution in [0.5, 0.6) is 5.75 Å². The number of hydrogen-bond donors (Lipinski definition) is 2. The van der Waals surface area contributed by atoms with Gasteiger partial charge in [-0.3, -0.25) is 14.4 Å². The highest BCUT2D eigenvalue weighted by Crippen LogP contribution is 2.17. The Morgan fingerprint density at radius 3 is 2.35 bits per heavy atom. The van der Waals surface area contributed by atoms with Gasteiger partial charge in [-0.1, -0.05) is 17.7 Å². The molecule has 0 aromatic heterocycles. The zero-order chi connectivity index (χ0) is 19.1. The van der Waals surface area contributed by atoms with Crippen molar-refractivity contribution < 1.29 is 19.1 Å². The van der Waals surface area contributed by atoms with Crippen LogP contribution in [0.2, 0.25) is 0 Å². The summed E-state index contributed by atoms with van der Waals surface area (Å²) in [6.07, 6.45) is 0.252. The SMILES string of the molecule is Cc1ccc(C)c(C(=O)CCC(=O)Nc2ccc(OCC(N)=O)cc2)c1. The number of aryl methyl sites for hydroxylation is 2. The third-order valence-electron chi connectivity index (χ3n) is 3.79. The van der Waals surface area contributed by atoms with Crippen molar-refractivity contribution in [3.05, 3.63) is 59.2 Å². The standard InChI is InChI=1S/C20H22N2O4/c1-13-3-4-14(2)17(11-13)18(23)9-10-20(25)22-15-5-7-16(8-6-15)26-12-19(21)24/h3-8,11H,9-10,12H2,1-2H3,(H2,21,24)(H,22,25). The number of benzene rings is 2. The lowest BCUT2D eigenvalue weighted by Crippen LogP contribution is -2.20. The first-order valence-corrected chi connectivity index (χ1v) is 8.26. The van der Waals surface area contributed by atoms with Crippen LogP contribution in [0.25, 0.3) is 0 Å². The van der Waals surface area contributed by atoms with Crippen molar-refractivity contribution in [3.8, 4) is 5.75 Å². The molecule has 0 saturated heterocycles. The molecule has 2 rings (SSSR count). The van der Waals surface area contributed by atoms with E-state index in [4.69, 9.17) is 10.5 Å². The molecule has 2 amide bonds. The minimum absolute atomic E-state index is 0.0449. The summed E-state index contributed by atoms with van der Waals surface area (Å²) in [6.45, 7) is 3.61. The molecule has 0 heterocycles. The monoisotopic (exact) mass is 354 g/mol. The number of nitrogens with two attached hydrogens (primary N) is 1. The molecule has 136 valence electrons. The van der Waals surface area contributed by atoms with Crippen molar-refractivity contribution in [2.75, 3.05) is 11.9 Å². The molecule has 0 unspecified atom stereocenters. The molecule has 26 heavy (non-hydrogen) atoms. The molecule has 2 aromatic carbocycles. The van der Waals surface area contributed by atoms with E-state index in [2.05, 4.69) is 5.32 Å². The van der Waals surface area contributed by atoms with Crippen LogP contribution in [0, 0.1) is 13.8 Å². The van der Waals surface area contributed by atoms with Crippen LogP contribution < -0.4 is 15.8 Å². The van der Waals surface area contributed by atoms with Gasteiger partial charge in [0.25, 0.3) is 5.91 Å². The van der Waals surface area contributed by atoms with Crippen LogP contribution in [-0.4, -0.2) is 24.2 Å². The van der Waals surface area contributed by atoms with Gasteiger partial charge in [-0.25, -0.2) is 0 Å². The van der Waals surface area contributed by atoms with Crippen molar-refractivity contribution in [1.82, 2.24) is 0 Å². The Hall–Kier alpha value is -3.15. The van der Waals surface area contributed by atoms with Crippen LogP contribution in [0.4, 0.5) is 5.69 Å². The van der Waals surface area contributed by atoms with Crippen LogP contribution in [0.15, 0.2) is 42.5 Å². The number of carbonyl (C=O) groups is 3. The summed E-state index contributed by atoms with van der Waals surface area (Å²) in [6, 6.07) is 12.3. The average Bonchev–Trinajstić information content (AvgIpc) is 2.61. The molecule has 0 fully saturated rings. The molecular weight excluding hydrogens is 332 g/mol. The molecule has 6 heteroatoms. The van der Waals surface area contributed by atoms with Crippen molar-refractivity contribution in [1.29, 1.82) is 0 Å². The maximum absolute atomic E-state index is 12.3. The Morgan fingerprint density at radius 2 is 1.69 bits per heavy atom. The van der Waals surface area contributed by atoms with E-state index >= 15 is 0 Å². The minimum atomic E-state index is -0.559. The van der Waals surface area contributed by atoms with Crippen molar-refractivity contribution in [3.63, 3.8) is 0 Å². The van der Waals surface area contributed by atoms with Gasteiger partial charge in [0.15, 0.2) is 12.4 Å². The second-order valence-corrected chi connectivity index (χ2v) is 6.07. The van der Waals surface area contributed by atoms with E-state index in [-0.39, 0.29) is 31.1 Å². The molecule has 0 saturated carbocycles. The molecule has 0 radical (unpaired) electrons. The fraction of sp³-hybridized carbons (Fsp3) is 0.250. The number of Topliss-reactive ketones (excluding diaryl/α,β-unsaturated/α-hetero) is 1. The lowest BCUT2D eigenvalue weighted by Gasteiger charge is -2.08. The molecule has 2 aromatic rings. The fourth-order valence-electron chi connectivity index (χ4n) is 2.41. The van der Waals surface area contributed by atoms with Gasteiger partial charge in [0, 0.05) is 24.1 Å². The lowest BCUT2D eigenvalue weighted by atomic mass is 9.99. The average molecular weight is 354 g/mol. The van der Waals surface area contributed by atoms with Crippen LogP contribution >= 0.6 is 0 Å². The maximum Gasteiger partial charge on any atom is 0.255 e. The Bertz CT molecular complexity index is 813. The summed E-state index contributed by atoms with van der Waals surface area (Å²) in [5.41, 5.74) is 8.18. The number of carbonyl (C=O) groups excluding carboxylic acids is 3. The molecule has 0 aliphatic rings.